The van der Waals surface area contributed by atoms with Crippen molar-refractivity contribution in [3.8, 4) is 5.69 Å². The fraction of sp³-hybridized carbons (Fsp3) is 0.194. The molecule has 196 valence electrons. The number of benzene rings is 3. The van der Waals surface area contributed by atoms with Crippen LogP contribution in [0.25, 0.3) is 16.6 Å². The number of carbonyl (C=O) groups excluding carboxylic acids is 2. The summed E-state index contributed by atoms with van der Waals surface area (Å²) in [5.41, 5.74) is 5.01. The quantitative estimate of drug-likeness (QED) is 0.260. The highest BCUT2D eigenvalue weighted by atomic mass is 32.1. The molecule has 1 fully saturated rings. The van der Waals surface area contributed by atoms with Crippen LogP contribution in [0.2, 0.25) is 0 Å². The first kappa shape index (κ1) is 25.0. The first-order valence-electron chi connectivity index (χ1n) is 13.0. The third-order valence-corrected chi connectivity index (χ3v) is 7.95. The lowest BCUT2D eigenvalue weighted by Gasteiger charge is -2.31. The molecule has 0 bridgehead atoms. The topological polar surface area (TPSA) is 87.5 Å². The van der Waals surface area contributed by atoms with Crippen LogP contribution in [0.1, 0.15) is 38.6 Å². The van der Waals surface area contributed by atoms with E-state index in [0.717, 1.165) is 58.9 Å². The lowest BCUT2D eigenvalue weighted by molar-refractivity contribution is 0.0991. The largest absolute Gasteiger partial charge is 0.393 e. The van der Waals surface area contributed by atoms with Crippen LogP contribution in [0.4, 0.5) is 11.4 Å². The van der Waals surface area contributed by atoms with Crippen LogP contribution in [0.5, 0.6) is 0 Å². The molecule has 3 heterocycles. The van der Waals surface area contributed by atoms with Gasteiger partial charge in [-0.2, -0.15) is 0 Å². The van der Waals surface area contributed by atoms with Crippen molar-refractivity contribution in [2.24, 2.45) is 0 Å². The van der Waals surface area contributed by atoms with Gasteiger partial charge in [-0.3, -0.25) is 9.59 Å². The molecule has 2 N–H and O–H groups in total. The van der Waals surface area contributed by atoms with E-state index in [1.807, 2.05) is 84.4 Å². The monoisotopic (exact) mass is 536 g/mol. The number of nitrogens with one attached hydrogen (secondary N) is 1. The van der Waals surface area contributed by atoms with E-state index in [1.54, 1.807) is 6.20 Å². The highest BCUT2D eigenvalue weighted by molar-refractivity contribution is 7.09. The molecular weight excluding hydrogens is 508 g/mol. The number of rotatable bonds is 7. The molecule has 3 aromatic carbocycles. The van der Waals surface area contributed by atoms with Crippen LogP contribution in [-0.2, 0) is 6.42 Å². The maximum atomic E-state index is 12.9. The van der Waals surface area contributed by atoms with Gasteiger partial charge in [-0.25, -0.2) is 4.98 Å². The Labute approximate surface area is 230 Å². The van der Waals surface area contributed by atoms with Crippen LogP contribution in [0.15, 0.2) is 90.6 Å². The summed E-state index contributed by atoms with van der Waals surface area (Å²) in [4.78, 5) is 31.9. The van der Waals surface area contributed by atoms with Crippen LogP contribution < -0.4 is 10.2 Å². The predicted molar refractivity (Wildman–Crippen MR) is 155 cm³/mol. The van der Waals surface area contributed by atoms with E-state index in [9.17, 15) is 14.7 Å². The number of aliphatic hydroxyl groups is 1. The third-order valence-electron chi connectivity index (χ3n) is 7.17. The molecule has 5 aromatic rings. The number of aromatic nitrogens is 2. The molecule has 1 aliphatic rings. The average Bonchev–Trinajstić information content (AvgIpc) is 3.63. The zero-order valence-electron chi connectivity index (χ0n) is 21.3. The number of amides is 1. The Hall–Kier alpha value is -4.27. The number of Topliss-reactive ketones (excluding diaryl/α,β-unsaturated/α-hetero) is 1. The molecule has 8 heteroatoms. The lowest BCUT2D eigenvalue weighted by atomic mass is 10.1. The van der Waals surface area contributed by atoms with E-state index in [-0.39, 0.29) is 17.8 Å². The van der Waals surface area contributed by atoms with Gasteiger partial charge in [0.1, 0.15) is 5.01 Å². The second-order valence-corrected chi connectivity index (χ2v) is 10.7. The molecule has 39 heavy (non-hydrogen) atoms. The Morgan fingerprint density at radius 3 is 2.36 bits per heavy atom. The van der Waals surface area contributed by atoms with Crippen LogP contribution in [0.3, 0.4) is 0 Å². The van der Waals surface area contributed by atoms with Gasteiger partial charge in [-0.15, -0.1) is 11.3 Å². The van der Waals surface area contributed by atoms with Crippen molar-refractivity contribution in [1.29, 1.82) is 0 Å². The summed E-state index contributed by atoms with van der Waals surface area (Å²) in [6.07, 6.45) is 5.34. The molecule has 0 atom stereocenters. The van der Waals surface area contributed by atoms with E-state index < -0.39 is 0 Å². The minimum Gasteiger partial charge on any atom is -0.393 e. The molecule has 1 saturated heterocycles. The number of ketones is 1. The molecule has 2 aromatic heterocycles. The van der Waals surface area contributed by atoms with Gasteiger partial charge in [-0.05, 0) is 85.6 Å². The zero-order valence-corrected chi connectivity index (χ0v) is 22.1. The molecule has 0 spiro atoms. The van der Waals surface area contributed by atoms with Crippen molar-refractivity contribution >= 4 is 45.3 Å². The molecule has 7 nitrogen and oxygen atoms in total. The van der Waals surface area contributed by atoms with Crippen molar-refractivity contribution in [2.75, 3.05) is 23.3 Å². The van der Waals surface area contributed by atoms with Gasteiger partial charge >= 0.3 is 0 Å². The number of thiazole rings is 1. The van der Waals surface area contributed by atoms with Crippen molar-refractivity contribution in [3.05, 3.63) is 107 Å². The predicted octanol–water partition coefficient (Wildman–Crippen LogP) is 5.73. The summed E-state index contributed by atoms with van der Waals surface area (Å²) >= 11 is 1.49. The number of piperidine rings is 1. The van der Waals surface area contributed by atoms with Gasteiger partial charge in [0.15, 0.2) is 5.78 Å². The first-order valence-corrected chi connectivity index (χ1v) is 13.9. The second-order valence-electron chi connectivity index (χ2n) is 9.75. The average molecular weight is 537 g/mol. The fourth-order valence-corrected chi connectivity index (χ4v) is 5.60. The Morgan fingerprint density at radius 2 is 1.64 bits per heavy atom. The minimum atomic E-state index is -0.212. The van der Waals surface area contributed by atoms with Gasteiger partial charge in [0.25, 0.3) is 5.91 Å². The molecule has 1 amide bonds. The van der Waals surface area contributed by atoms with Crippen molar-refractivity contribution < 1.29 is 14.7 Å². The van der Waals surface area contributed by atoms with Crippen LogP contribution in [0, 0.1) is 0 Å². The van der Waals surface area contributed by atoms with Gasteiger partial charge in [0.2, 0.25) is 0 Å². The van der Waals surface area contributed by atoms with E-state index in [4.69, 9.17) is 0 Å². The maximum absolute atomic E-state index is 12.9. The number of nitrogens with zero attached hydrogens (tertiary/aromatic N) is 3. The van der Waals surface area contributed by atoms with Crippen molar-refractivity contribution in [1.82, 2.24) is 9.55 Å². The van der Waals surface area contributed by atoms with Gasteiger partial charge in [0.05, 0.1) is 18.0 Å². The third kappa shape index (κ3) is 5.48. The normalized spacial score (nSPS) is 14.0. The summed E-state index contributed by atoms with van der Waals surface area (Å²) < 4.78 is 2.06. The molecule has 0 aliphatic carbocycles. The number of carbonyl (C=O) groups is 2. The summed E-state index contributed by atoms with van der Waals surface area (Å²) in [6, 6.07) is 23.1. The van der Waals surface area contributed by atoms with Gasteiger partial charge in [-0.1, -0.05) is 0 Å². The Bertz CT molecular complexity index is 1600. The van der Waals surface area contributed by atoms with E-state index >= 15 is 0 Å². The standard InChI is InChI=1S/C31H28N4O3S/c36-27-12-15-34(16-13-27)25-6-3-22(4-7-25)31(38)33-24-5-10-28-23(19-24)11-17-35(28)26-8-1-21(2-9-26)29(37)20-30-32-14-18-39-30/h1-11,14,17-19,27,36H,12-13,15-16,20H2,(H,33,38). The minimum absolute atomic E-state index is 0.0511. The Balaban J connectivity index is 1.12. The smallest absolute Gasteiger partial charge is 0.255 e. The first-order chi connectivity index (χ1) is 19.0. The lowest BCUT2D eigenvalue weighted by Crippen LogP contribution is -2.35. The number of hydrogen-bond donors (Lipinski definition) is 2. The van der Waals surface area contributed by atoms with Crippen molar-refractivity contribution in [2.45, 2.75) is 25.4 Å². The van der Waals surface area contributed by atoms with E-state index in [1.165, 1.54) is 11.3 Å². The molecule has 0 saturated carbocycles. The Kier molecular flexibility index (Phi) is 6.96. The highest BCUT2D eigenvalue weighted by Crippen LogP contribution is 2.25. The summed E-state index contributed by atoms with van der Waals surface area (Å²) in [6.45, 7) is 1.64. The number of fused-ring (bicyclic) bond motifs is 1. The van der Waals surface area contributed by atoms with E-state index in [2.05, 4.69) is 19.8 Å². The number of hydrogen-bond acceptors (Lipinski definition) is 6. The second kappa shape index (κ2) is 10.8. The van der Waals surface area contributed by atoms with E-state index in [0.29, 0.717) is 17.5 Å². The van der Waals surface area contributed by atoms with Crippen LogP contribution in [-0.4, -0.2) is 45.5 Å². The highest BCUT2D eigenvalue weighted by Gasteiger charge is 2.18. The van der Waals surface area contributed by atoms with Gasteiger partial charge in [0, 0.05) is 64.4 Å². The Morgan fingerprint density at radius 1 is 0.923 bits per heavy atom. The van der Waals surface area contributed by atoms with Crippen LogP contribution >= 0.6 is 11.3 Å². The molecular formula is C31H28N4O3S. The zero-order chi connectivity index (χ0) is 26.8. The van der Waals surface area contributed by atoms with Crippen molar-refractivity contribution in [3.63, 3.8) is 0 Å². The van der Waals surface area contributed by atoms with Gasteiger partial charge < -0.3 is 19.9 Å². The number of anilines is 2. The molecule has 6 rings (SSSR count). The molecule has 0 unspecified atom stereocenters. The molecule has 0 radical (unpaired) electrons. The molecule has 1 aliphatic heterocycles. The summed E-state index contributed by atoms with van der Waals surface area (Å²) in [7, 11) is 0. The number of aliphatic hydroxyl groups excluding tert-OH is 1. The summed E-state index contributed by atoms with van der Waals surface area (Å²) in [5, 5.41) is 16.4. The SMILES string of the molecule is O=C(Cc1nccs1)c1ccc(-n2ccc3cc(NC(=O)c4ccc(N5CCC(O)CC5)cc4)ccc32)cc1. The summed E-state index contributed by atoms with van der Waals surface area (Å²) in [5.74, 6) is -0.109. The maximum Gasteiger partial charge on any atom is 0.255 e. The fourth-order valence-electron chi connectivity index (χ4n) is 4.98.